The van der Waals surface area contributed by atoms with E-state index in [2.05, 4.69) is 34.0 Å². The van der Waals surface area contributed by atoms with Crippen LogP contribution in [0.2, 0.25) is 0 Å². The number of aromatic nitrogens is 2. The number of H-pyrrole nitrogens is 1. The zero-order valence-electron chi connectivity index (χ0n) is 13.1. The molecule has 0 saturated heterocycles. The summed E-state index contributed by atoms with van der Waals surface area (Å²) in [6.45, 7) is 5.28. The van der Waals surface area contributed by atoms with Crippen LogP contribution in [0.5, 0.6) is 0 Å². The lowest BCUT2D eigenvalue weighted by Crippen LogP contribution is -2.49. The largest absolute Gasteiger partial charge is 0.360 e. The van der Waals surface area contributed by atoms with Gasteiger partial charge in [0.15, 0.2) is 5.11 Å². The molecule has 1 aromatic rings. The molecule has 0 aromatic carbocycles. The molecule has 0 amide bonds. The number of imidazole rings is 1. The monoisotopic (exact) mass is 306 g/mol. The molecule has 5 heteroatoms. The Kier molecular flexibility index (Phi) is 4.48. The van der Waals surface area contributed by atoms with Crippen LogP contribution >= 0.6 is 12.2 Å². The van der Waals surface area contributed by atoms with Crippen LogP contribution in [0.15, 0.2) is 6.33 Å². The van der Waals surface area contributed by atoms with Crippen LogP contribution in [0.3, 0.4) is 0 Å². The van der Waals surface area contributed by atoms with Gasteiger partial charge in [0.1, 0.15) is 0 Å². The minimum atomic E-state index is 0.360. The van der Waals surface area contributed by atoms with Crippen molar-refractivity contribution in [1.29, 1.82) is 0 Å². The van der Waals surface area contributed by atoms with Crippen molar-refractivity contribution in [2.75, 3.05) is 6.54 Å². The Morgan fingerprint density at radius 2 is 2.14 bits per heavy atom. The first-order valence-corrected chi connectivity index (χ1v) is 8.67. The van der Waals surface area contributed by atoms with Gasteiger partial charge < -0.3 is 15.2 Å². The first-order chi connectivity index (χ1) is 10.2. The van der Waals surface area contributed by atoms with Crippen LogP contribution in [0.25, 0.3) is 0 Å². The van der Waals surface area contributed by atoms with Crippen molar-refractivity contribution in [1.82, 2.24) is 20.2 Å². The van der Waals surface area contributed by atoms with E-state index in [9.17, 15) is 0 Å². The van der Waals surface area contributed by atoms with Gasteiger partial charge in [-0.05, 0) is 44.8 Å². The molecular formula is C16H26N4S. The van der Waals surface area contributed by atoms with Crippen molar-refractivity contribution in [2.24, 2.45) is 5.92 Å². The van der Waals surface area contributed by atoms with Gasteiger partial charge in [-0.25, -0.2) is 4.98 Å². The molecule has 21 heavy (non-hydrogen) atoms. The van der Waals surface area contributed by atoms with Crippen molar-refractivity contribution in [2.45, 2.75) is 64.5 Å². The van der Waals surface area contributed by atoms with E-state index in [4.69, 9.17) is 12.2 Å². The average Bonchev–Trinajstić information content (AvgIpc) is 2.94. The molecule has 4 nitrogen and oxygen atoms in total. The summed E-state index contributed by atoms with van der Waals surface area (Å²) in [6.07, 6.45) is 9.54. The van der Waals surface area contributed by atoms with Gasteiger partial charge in [-0.1, -0.05) is 19.3 Å². The molecule has 0 spiro atoms. The summed E-state index contributed by atoms with van der Waals surface area (Å²) < 4.78 is 0. The van der Waals surface area contributed by atoms with Crippen LogP contribution in [0, 0.1) is 5.92 Å². The lowest BCUT2D eigenvalue weighted by molar-refractivity contribution is 0.168. The lowest BCUT2D eigenvalue weighted by atomic mass is 9.80. The molecule has 1 atom stereocenters. The molecule has 2 aliphatic rings. The first-order valence-electron chi connectivity index (χ1n) is 8.26. The fourth-order valence-corrected chi connectivity index (χ4v) is 4.23. The number of hydrogen-bond donors (Lipinski definition) is 2. The van der Waals surface area contributed by atoms with E-state index in [-0.39, 0.29) is 0 Å². The summed E-state index contributed by atoms with van der Waals surface area (Å²) in [5.41, 5.74) is 2.55. The molecule has 1 saturated carbocycles. The van der Waals surface area contributed by atoms with Crippen LogP contribution in [0.4, 0.5) is 0 Å². The van der Waals surface area contributed by atoms with Crippen LogP contribution in [-0.2, 0) is 6.42 Å². The third-order valence-electron chi connectivity index (χ3n) is 4.74. The standard InChI is InChI=1S/C16H26N4S/c1-11(2)19-16(21)20-9-8-13-14(18-10-17-13)15(20)12-6-4-3-5-7-12/h10-12,15H,3-9H2,1-2H3,(H,17,18)(H,19,21). The smallest absolute Gasteiger partial charge is 0.169 e. The highest BCUT2D eigenvalue weighted by atomic mass is 32.1. The minimum Gasteiger partial charge on any atom is -0.360 e. The van der Waals surface area contributed by atoms with Gasteiger partial charge >= 0.3 is 0 Å². The summed E-state index contributed by atoms with van der Waals surface area (Å²) in [5, 5.41) is 4.32. The quantitative estimate of drug-likeness (QED) is 0.824. The zero-order valence-corrected chi connectivity index (χ0v) is 13.9. The van der Waals surface area contributed by atoms with Crippen LogP contribution < -0.4 is 5.32 Å². The molecule has 2 N–H and O–H groups in total. The fourth-order valence-electron chi connectivity index (χ4n) is 3.79. The molecule has 2 heterocycles. The summed E-state index contributed by atoms with van der Waals surface area (Å²) in [5.74, 6) is 0.688. The maximum absolute atomic E-state index is 5.68. The highest BCUT2D eigenvalue weighted by Gasteiger charge is 2.37. The summed E-state index contributed by atoms with van der Waals surface area (Å²) in [6, 6.07) is 0.740. The van der Waals surface area contributed by atoms with E-state index >= 15 is 0 Å². The van der Waals surface area contributed by atoms with Crippen molar-refractivity contribution >= 4 is 17.3 Å². The number of hydrogen-bond acceptors (Lipinski definition) is 2. The maximum atomic E-state index is 5.68. The fraction of sp³-hybridized carbons (Fsp3) is 0.750. The van der Waals surface area contributed by atoms with E-state index in [1.807, 2.05) is 6.33 Å². The molecule has 3 rings (SSSR count). The zero-order chi connectivity index (χ0) is 14.8. The van der Waals surface area contributed by atoms with Gasteiger partial charge in [-0.2, -0.15) is 0 Å². The first kappa shape index (κ1) is 14.8. The molecule has 1 unspecified atom stereocenters. The highest BCUT2D eigenvalue weighted by Crippen LogP contribution is 2.40. The maximum Gasteiger partial charge on any atom is 0.169 e. The number of aromatic amines is 1. The Hall–Kier alpha value is -1.10. The highest BCUT2D eigenvalue weighted by molar-refractivity contribution is 7.80. The van der Waals surface area contributed by atoms with E-state index < -0.39 is 0 Å². The van der Waals surface area contributed by atoms with Gasteiger partial charge in [0.05, 0.1) is 18.1 Å². The molecule has 116 valence electrons. The van der Waals surface area contributed by atoms with E-state index in [1.54, 1.807) is 0 Å². The molecular weight excluding hydrogens is 280 g/mol. The van der Waals surface area contributed by atoms with Gasteiger partial charge in [0.25, 0.3) is 0 Å². The van der Waals surface area contributed by atoms with Crippen molar-refractivity contribution in [3.05, 3.63) is 17.7 Å². The molecule has 1 aliphatic heterocycles. The Labute approximate surface area is 132 Å². The Morgan fingerprint density at radius 3 is 2.86 bits per heavy atom. The Balaban J connectivity index is 1.86. The van der Waals surface area contributed by atoms with Gasteiger partial charge in [0, 0.05) is 24.7 Å². The second-order valence-corrected chi connectivity index (χ2v) is 7.04. The number of nitrogens with zero attached hydrogens (tertiary/aromatic N) is 2. The van der Waals surface area contributed by atoms with Gasteiger partial charge in [-0.3, -0.25) is 0 Å². The van der Waals surface area contributed by atoms with Crippen LogP contribution in [-0.4, -0.2) is 32.6 Å². The summed E-state index contributed by atoms with van der Waals surface area (Å²) in [4.78, 5) is 10.4. The summed E-state index contributed by atoms with van der Waals surface area (Å²) >= 11 is 5.68. The molecule has 0 radical (unpaired) electrons. The van der Waals surface area contributed by atoms with E-state index in [0.29, 0.717) is 18.0 Å². The predicted octanol–water partition coefficient (Wildman–Crippen LogP) is 3.17. The SMILES string of the molecule is CC(C)NC(=S)N1CCc2[nH]cnc2C1C1CCCCC1. The number of nitrogens with one attached hydrogen (secondary N) is 2. The van der Waals surface area contributed by atoms with Gasteiger partial charge in [0.2, 0.25) is 0 Å². The topological polar surface area (TPSA) is 44.0 Å². The van der Waals surface area contributed by atoms with Gasteiger partial charge in [-0.15, -0.1) is 0 Å². The van der Waals surface area contributed by atoms with Crippen molar-refractivity contribution in [3.63, 3.8) is 0 Å². The number of fused-ring (bicyclic) bond motifs is 1. The van der Waals surface area contributed by atoms with Crippen molar-refractivity contribution < 1.29 is 0 Å². The number of thiocarbonyl (C=S) groups is 1. The number of rotatable bonds is 2. The predicted molar refractivity (Wildman–Crippen MR) is 89.2 cm³/mol. The second-order valence-electron chi connectivity index (χ2n) is 6.66. The molecule has 1 aliphatic carbocycles. The molecule has 1 aromatic heterocycles. The third kappa shape index (κ3) is 3.07. The molecule has 0 bridgehead atoms. The van der Waals surface area contributed by atoms with E-state index in [1.165, 1.54) is 43.5 Å². The van der Waals surface area contributed by atoms with E-state index in [0.717, 1.165) is 18.1 Å². The normalized spacial score (nSPS) is 23.2. The Morgan fingerprint density at radius 1 is 1.38 bits per heavy atom. The Bertz CT molecular complexity index is 490. The average molecular weight is 306 g/mol. The van der Waals surface area contributed by atoms with Crippen molar-refractivity contribution in [3.8, 4) is 0 Å². The second kappa shape index (κ2) is 6.34. The summed E-state index contributed by atoms with van der Waals surface area (Å²) in [7, 11) is 0. The molecule has 1 fully saturated rings. The third-order valence-corrected chi connectivity index (χ3v) is 5.09. The van der Waals surface area contributed by atoms with Crippen LogP contribution in [0.1, 0.15) is 63.4 Å². The lowest BCUT2D eigenvalue weighted by Gasteiger charge is -2.42. The minimum absolute atomic E-state index is 0.360.